The molecule has 2 aromatic heterocycles. The smallest absolute Gasteiger partial charge is 0.323 e. The van der Waals surface area contributed by atoms with Crippen molar-refractivity contribution in [2.24, 2.45) is 0 Å². The van der Waals surface area contributed by atoms with Gasteiger partial charge in [-0.2, -0.15) is 4.68 Å². The summed E-state index contributed by atoms with van der Waals surface area (Å²) >= 11 is 6.22. The van der Waals surface area contributed by atoms with Crippen LogP contribution in [0, 0.1) is 0 Å². The van der Waals surface area contributed by atoms with Crippen molar-refractivity contribution in [2.75, 3.05) is 38.2 Å². The maximum atomic E-state index is 13.6. The Labute approximate surface area is 232 Å². The lowest BCUT2D eigenvalue weighted by Crippen LogP contribution is -2.45. The molecule has 2 fully saturated rings. The fourth-order valence-corrected chi connectivity index (χ4v) is 5.43. The van der Waals surface area contributed by atoms with Crippen molar-refractivity contribution < 1.29 is 14.3 Å². The molecule has 4 heterocycles. The van der Waals surface area contributed by atoms with Crippen molar-refractivity contribution in [1.29, 1.82) is 0 Å². The van der Waals surface area contributed by atoms with Crippen LogP contribution in [-0.4, -0.2) is 96.7 Å². The van der Waals surface area contributed by atoms with E-state index in [4.69, 9.17) is 16.3 Å². The average molecular weight is 564 g/mol. The highest BCUT2D eigenvalue weighted by atomic mass is 35.5. The third-order valence-electron chi connectivity index (χ3n) is 7.20. The van der Waals surface area contributed by atoms with E-state index >= 15 is 0 Å². The predicted molar refractivity (Wildman–Crippen MR) is 147 cm³/mol. The van der Waals surface area contributed by atoms with Gasteiger partial charge in [-0.3, -0.25) is 14.5 Å². The third kappa shape index (κ3) is 5.39. The minimum atomic E-state index is -0.690. The molecule has 2 amide bonds. The number of carbonyl (C=O) groups excluding carboxylic acids is 2. The molecule has 0 radical (unpaired) electrons. The van der Waals surface area contributed by atoms with E-state index in [9.17, 15) is 14.4 Å². The van der Waals surface area contributed by atoms with E-state index in [1.54, 1.807) is 47.4 Å². The summed E-state index contributed by atoms with van der Waals surface area (Å²) in [5.41, 5.74) is 2.71. The first-order valence-corrected chi connectivity index (χ1v) is 13.2. The summed E-state index contributed by atoms with van der Waals surface area (Å²) in [6.07, 6.45) is 5.04. The molecule has 6 rings (SSSR count). The number of halogens is 1. The first-order valence-electron chi connectivity index (χ1n) is 12.8. The number of likely N-dealkylation sites (tertiary alicyclic amines) is 1. The molecule has 40 heavy (non-hydrogen) atoms. The van der Waals surface area contributed by atoms with Gasteiger partial charge in [-0.05, 0) is 59.3 Å². The Morgan fingerprint density at radius 3 is 2.73 bits per heavy atom. The number of aromatic amines is 2. The molecule has 2 saturated heterocycles. The predicted octanol–water partition coefficient (Wildman–Crippen LogP) is 1.44. The molecule has 0 aliphatic carbocycles. The molecular formula is C26H26ClN9O4. The van der Waals surface area contributed by atoms with E-state index < -0.39 is 6.04 Å². The van der Waals surface area contributed by atoms with Crippen LogP contribution in [0.4, 0.5) is 5.69 Å². The van der Waals surface area contributed by atoms with E-state index in [2.05, 4.69) is 35.7 Å². The SMILES string of the molecule is O=C(Nc1ccc2[nH]c(=O)[nH]c2c1)C1CC(N2CCOCC2)CN1C(=O)C=Cc1cc(Cl)ccc1-n1cnnn1. The number of amides is 2. The van der Waals surface area contributed by atoms with E-state index in [1.807, 2.05) is 0 Å². The normalized spacial score (nSPS) is 20.0. The zero-order valence-electron chi connectivity index (χ0n) is 21.3. The van der Waals surface area contributed by atoms with Gasteiger partial charge >= 0.3 is 5.69 Å². The highest BCUT2D eigenvalue weighted by Crippen LogP contribution is 2.26. The van der Waals surface area contributed by atoms with Crippen LogP contribution in [0.25, 0.3) is 22.8 Å². The number of nitrogens with one attached hydrogen (secondary N) is 3. The maximum Gasteiger partial charge on any atom is 0.323 e. The van der Waals surface area contributed by atoms with Crippen LogP contribution in [0.15, 0.2) is 53.6 Å². The Morgan fingerprint density at radius 2 is 1.93 bits per heavy atom. The summed E-state index contributed by atoms with van der Waals surface area (Å²) in [4.78, 5) is 48.0. The summed E-state index contributed by atoms with van der Waals surface area (Å²) in [6.45, 7) is 3.12. The quantitative estimate of drug-likeness (QED) is 0.298. The zero-order valence-corrected chi connectivity index (χ0v) is 22.0. The second-order valence-electron chi connectivity index (χ2n) is 9.66. The van der Waals surface area contributed by atoms with Crippen molar-refractivity contribution in [3.8, 4) is 5.69 Å². The second kappa shape index (κ2) is 11.0. The van der Waals surface area contributed by atoms with Gasteiger partial charge in [0.1, 0.15) is 12.4 Å². The molecule has 0 bridgehead atoms. The monoisotopic (exact) mass is 563 g/mol. The van der Waals surface area contributed by atoms with Gasteiger partial charge in [-0.25, -0.2) is 4.79 Å². The highest BCUT2D eigenvalue weighted by Gasteiger charge is 2.41. The topological polar surface area (TPSA) is 154 Å². The molecule has 4 aromatic rings. The van der Waals surface area contributed by atoms with Crippen molar-refractivity contribution >= 4 is 46.2 Å². The summed E-state index contributed by atoms with van der Waals surface area (Å²) in [5, 5.41) is 14.7. The van der Waals surface area contributed by atoms with Crippen LogP contribution >= 0.6 is 11.6 Å². The average Bonchev–Trinajstić information content (AvgIpc) is 3.71. The van der Waals surface area contributed by atoms with Gasteiger partial charge in [-0.1, -0.05) is 11.6 Å². The maximum absolute atomic E-state index is 13.6. The number of fused-ring (bicyclic) bond motifs is 1. The largest absolute Gasteiger partial charge is 0.379 e. The Balaban J connectivity index is 1.25. The van der Waals surface area contributed by atoms with Gasteiger partial charge in [-0.15, -0.1) is 5.10 Å². The Kier molecular flexibility index (Phi) is 7.15. The van der Waals surface area contributed by atoms with Gasteiger partial charge in [0.2, 0.25) is 11.8 Å². The Bertz CT molecular complexity index is 1620. The molecule has 13 nitrogen and oxygen atoms in total. The number of carbonyl (C=O) groups is 2. The molecular weight excluding hydrogens is 538 g/mol. The summed E-state index contributed by atoms with van der Waals surface area (Å²) in [5.74, 6) is -0.601. The number of imidazole rings is 1. The van der Waals surface area contributed by atoms with E-state index in [0.717, 1.165) is 13.1 Å². The van der Waals surface area contributed by atoms with Gasteiger partial charge < -0.3 is 24.9 Å². The highest BCUT2D eigenvalue weighted by molar-refractivity contribution is 6.30. The van der Waals surface area contributed by atoms with Crippen molar-refractivity contribution in [2.45, 2.75) is 18.5 Å². The minimum absolute atomic E-state index is 0.0171. The third-order valence-corrected chi connectivity index (χ3v) is 7.44. The second-order valence-corrected chi connectivity index (χ2v) is 10.1. The number of tetrazole rings is 1. The Morgan fingerprint density at radius 1 is 1.10 bits per heavy atom. The number of morpholine rings is 1. The Hall–Kier alpha value is -4.33. The lowest BCUT2D eigenvalue weighted by molar-refractivity contribution is -0.132. The van der Waals surface area contributed by atoms with Gasteiger partial charge in [0.25, 0.3) is 0 Å². The van der Waals surface area contributed by atoms with Crippen molar-refractivity contribution in [3.05, 3.63) is 69.9 Å². The lowest BCUT2D eigenvalue weighted by Gasteiger charge is -2.31. The first-order chi connectivity index (χ1) is 19.4. The number of hydrogen-bond donors (Lipinski definition) is 3. The molecule has 2 aliphatic rings. The number of hydrogen-bond acceptors (Lipinski definition) is 8. The van der Waals surface area contributed by atoms with Crippen LogP contribution in [0.2, 0.25) is 5.02 Å². The lowest BCUT2D eigenvalue weighted by atomic mass is 10.1. The first kappa shape index (κ1) is 25.9. The summed E-state index contributed by atoms with van der Waals surface area (Å²) < 4.78 is 6.98. The van der Waals surface area contributed by atoms with Crippen LogP contribution in [-0.2, 0) is 14.3 Å². The van der Waals surface area contributed by atoms with Gasteiger partial charge in [0.15, 0.2) is 0 Å². The molecule has 0 spiro atoms. The molecule has 2 atom stereocenters. The molecule has 206 valence electrons. The van der Waals surface area contributed by atoms with Crippen molar-refractivity contribution in [1.82, 2.24) is 40.0 Å². The number of aromatic nitrogens is 6. The van der Waals surface area contributed by atoms with Crippen LogP contribution in [0.5, 0.6) is 0 Å². The van der Waals surface area contributed by atoms with Crippen LogP contribution in [0.3, 0.4) is 0 Å². The number of ether oxygens (including phenoxy) is 1. The van der Waals surface area contributed by atoms with E-state index in [-0.39, 0.29) is 23.5 Å². The molecule has 0 saturated carbocycles. The van der Waals surface area contributed by atoms with Gasteiger partial charge in [0.05, 0.1) is 29.9 Å². The number of H-pyrrole nitrogens is 2. The van der Waals surface area contributed by atoms with Crippen LogP contribution < -0.4 is 11.0 Å². The zero-order chi connectivity index (χ0) is 27.6. The standard InChI is InChI=1S/C26H26ClN9O4/c27-17-2-5-22(36-15-28-32-33-36)16(11-17)1-6-24(37)35-14-19(34-7-9-40-10-8-34)13-23(35)25(38)29-18-3-4-20-21(12-18)31-26(39)30-20/h1-6,11-12,15,19,23H,7-10,13-14H2,(H,29,38)(H2,30,31,39). The molecule has 14 heteroatoms. The molecule has 2 unspecified atom stereocenters. The fraction of sp³-hybridized carbons (Fsp3) is 0.308. The fourth-order valence-electron chi connectivity index (χ4n) is 5.24. The van der Waals surface area contributed by atoms with E-state index in [1.165, 1.54) is 17.1 Å². The number of benzene rings is 2. The van der Waals surface area contributed by atoms with Crippen molar-refractivity contribution in [3.63, 3.8) is 0 Å². The molecule has 2 aliphatic heterocycles. The number of rotatable bonds is 6. The number of nitrogens with zero attached hydrogens (tertiary/aromatic N) is 6. The summed E-state index contributed by atoms with van der Waals surface area (Å²) in [6, 6.07) is 9.63. The number of anilines is 1. The molecule has 3 N–H and O–H groups in total. The molecule has 2 aromatic carbocycles. The minimum Gasteiger partial charge on any atom is -0.379 e. The summed E-state index contributed by atoms with van der Waals surface area (Å²) in [7, 11) is 0. The van der Waals surface area contributed by atoms with Crippen LogP contribution in [0.1, 0.15) is 12.0 Å². The van der Waals surface area contributed by atoms with E-state index in [0.29, 0.717) is 59.2 Å². The van der Waals surface area contributed by atoms with Gasteiger partial charge in [0, 0.05) is 48.0 Å².